The first-order valence-electron chi connectivity index (χ1n) is 25.2. The third-order valence-electron chi connectivity index (χ3n) is 14.9. The molecule has 0 bridgehead atoms. The molecule has 16 nitrogen and oxygen atoms in total. The van der Waals surface area contributed by atoms with Gasteiger partial charge >= 0.3 is 12.1 Å². The van der Waals surface area contributed by atoms with E-state index in [0.29, 0.717) is 51.9 Å². The first-order chi connectivity index (χ1) is 37.0. The fraction of sp³-hybridized carbons (Fsp3) is 0.271. The number of rotatable bonds is 11. The van der Waals surface area contributed by atoms with Crippen LogP contribution < -0.4 is 15.0 Å². The quantitative estimate of drug-likeness (QED) is 0.0363. The van der Waals surface area contributed by atoms with Crippen molar-refractivity contribution < 1.29 is 48.5 Å². The maximum absolute atomic E-state index is 16.8. The molecule has 3 fully saturated rings. The zero-order chi connectivity index (χ0) is 52.6. The van der Waals surface area contributed by atoms with Crippen molar-refractivity contribution >= 4 is 61.9 Å². The molecule has 4 aliphatic rings. The molecule has 3 aliphatic heterocycles. The van der Waals surface area contributed by atoms with E-state index in [1.165, 1.54) is 35.6 Å². The molecule has 1 saturated carbocycles. The number of nitro groups is 1. The second kappa shape index (κ2) is 20.8. The number of aliphatic hydroxyl groups is 2. The van der Waals surface area contributed by atoms with Crippen molar-refractivity contribution in [3.8, 4) is 17.6 Å². The molecule has 3 amide bonds. The summed E-state index contributed by atoms with van der Waals surface area (Å²) in [7, 11) is 0. The van der Waals surface area contributed by atoms with Crippen LogP contribution in [0.15, 0.2) is 152 Å². The number of carbonyl (C=O) groups excluding carboxylic acids is 4. The van der Waals surface area contributed by atoms with Gasteiger partial charge in [0.2, 0.25) is 11.8 Å². The van der Waals surface area contributed by atoms with E-state index < -0.39 is 70.0 Å². The van der Waals surface area contributed by atoms with Gasteiger partial charge in [0.05, 0.1) is 45.4 Å². The van der Waals surface area contributed by atoms with Crippen molar-refractivity contribution in [1.82, 2.24) is 9.88 Å². The average molecular weight is 1040 g/mol. The van der Waals surface area contributed by atoms with Crippen LogP contribution in [0.1, 0.15) is 90.1 Å². The summed E-state index contributed by atoms with van der Waals surface area (Å²) in [6, 6.07) is 39.5. The van der Waals surface area contributed by atoms with Gasteiger partial charge in [0.25, 0.3) is 5.69 Å². The molecule has 1 aliphatic carbocycles. The summed E-state index contributed by atoms with van der Waals surface area (Å²) in [5.41, 5.74) is -0.200. The van der Waals surface area contributed by atoms with Crippen molar-refractivity contribution in [2.75, 3.05) is 23.4 Å². The number of morpholine rings is 1. The molecule has 2 saturated heterocycles. The Labute approximate surface area is 441 Å². The standard InChI is InChI=1S/C59H51N5O11S/c65-33-34-73-43-26-22-41(23-27-43)52-59(44-35-37(29-32-58(70)30-11-1-2-12-31-58)21-28-46(44)62(55(59)68)57(69)74-36-38-19-24-42(25-20-38)64(71)72)48(53(66)61-56-60-45-17-9-10-18-47(45)76-56)50-54(67)75-51(40-15-7-4-8-16-40)49(63(50)52)39-13-5-3-6-14-39/h3-10,13-28,35,48-52,65,70H,1-2,11-12,30-31,33-34,36H2,(H,60,61,66)/t48-,49-,50-,51+,52+,59-/m0/s1. The maximum atomic E-state index is 16.8. The summed E-state index contributed by atoms with van der Waals surface area (Å²) < 4.78 is 19.2. The third-order valence-corrected chi connectivity index (χ3v) is 15.8. The summed E-state index contributed by atoms with van der Waals surface area (Å²) in [6.45, 7) is -0.640. The van der Waals surface area contributed by atoms with Gasteiger partial charge in [0, 0.05) is 17.7 Å². The summed E-state index contributed by atoms with van der Waals surface area (Å²) in [4.78, 5) is 81.9. The Morgan fingerprint density at radius 2 is 1.51 bits per heavy atom. The zero-order valence-electron chi connectivity index (χ0n) is 41.0. The Kier molecular flexibility index (Phi) is 13.7. The van der Waals surface area contributed by atoms with Crippen molar-refractivity contribution in [2.24, 2.45) is 5.92 Å². The van der Waals surface area contributed by atoms with E-state index in [9.17, 15) is 20.3 Å². The van der Waals surface area contributed by atoms with Crippen LogP contribution in [0.5, 0.6) is 5.75 Å². The molecule has 0 radical (unpaired) electrons. The van der Waals surface area contributed by atoms with Gasteiger partial charge in [-0.05, 0) is 108 Å². The summed E-state index contributed by atoms with van der Waals surface area (Å²) in [5, 5.41) is 36.2. The van der Waals surface area contributed by atoms with Crippen molar-refractivity contribution in [3.05, 3.63) is 195 Å². The molecule has 0 unspecified atom stereocenters. The number of benzene rings is 6. The number of non-ortho nitro benzene ring substituents is 1. The number of fused-ring (bicyclic) bond motifs is 4. The van der Waals surface area contributed by atoms with E-state index in [-0.39, 0.29) is 41.9 Å². The number of aliphatic hydroxyl groups excluding tert-OH is 1. The normalized spacial score (nSPS) is 22.7. The number of para-hydroxylation sites is 1. The average Bonchev–Trinajstić information content (AvgIpc) is 4.21. The first-order valence-corrected chi connectivity index (χ1v) is 26.0. The number of esters is 1. The van der Waals surface area contributed by atoms with Crippen molar-refractivity contribution in [2.45, 2.75) is 80.4 Å². The lowest BCUT2D eigenvalue weighted by atomic mass is 9.65. The molecule has 7 aromatic rings. The monoisotopic (exact) mass is 1040 g/mol. The predicted molar refractivity (Wildman–Crippen MR) is 282 cm³/mol. The van der Waals surface area contributed by atoms with Crippen LogP contribution in [0.25, 0.3) is 10.2 Å². The smallest absolute Gasteiger partial charge is 0.421 e. The number of hydrogen-bond donors (Lipinski definition) is 3. The van der Waals surface area contributed by atoms with E-state index in [1.807, 2.05) is 89.8 Å². The second-order valence-electron chi connectivity index (χ2n) is 19.4. The van der Waals surface area contributed by atoms with E-state index in [4.69, 9.17) is 19.2 Å². The van der Waals surface area contributed by atoms with Crippen molar-refractivity contribution in [1.29, 1.82) is 0 Å². The number of imide groups is 1. The van der Waals surface area contributed by atoms with Crippen LogP contribution in [0.3, 0.4) is 0 Å². The van der Waals surface area contributed by atoms with E-state index in [0.717, 1.165) is 35.3 Å². The minimum absolute atomic E-state index is 0.00263. The molecule has 6 atom stereocenters. The molecule has 1 aromatic heterocycles. The van der Waals surface area contributed by atoms with Gasteiger partial charge in [0.1, 0.15) is 42.1 Å². The molecule has 6 aromatic carbocycles. The number of anilines is 2. The Morgan fingerprint density at radius 3 is 2.20 bits per heavy atom. The zero-order valence-corrected chi connectivity index (χ0v) is 41.8. The van der Waals surface area contributed by atoms with Gasteiger partial charge in [-0.1, -0.05) is 121 Å². The highest BCUT2D eigenvalue weighted by molar-refractivity contribution is 7.22. The molecule has 76 heavy (non-hydrogen) atoms. The van der Waals surface area contributed by atoms with Gasteiger partial charge < -0.3 is 29.7 Å². The second-order valence-corrected chi connectivity index (χ2v) is 20.5. The Hall–Kier alpha value is -8.27. The summed E-state index contributed by atoms with van der Waals surface area (Å²) in [6.07, 6.45) is 2.36. The van der Waals surface area contributed by atoms with Gasteiger partial charge in [-0.2, -0.15) is 0 Å². The van der Waals surface area contributed by atoms with E-state index >= 15 is 19.2 Å². The number of nitro benzene ring substituents is 1. The number of nitrogens with zero attached hydrogens (tertiary/aromatic N) is 4. The maximum Gasteiger partial charge on any atom is 0.421 e. The number of hydrogen-bond acceptors (Lipinski definition) is 14. The third kappa shape index (κ3) is 9.12. The van der Waals surface area contributed by atoms with Gasteiger partial charge in [0.15, 0.2) is 5.13 Å². The van der Waals surface area contributed by atoms with Crippen LogP contribution in [0.4, 0.5) is 21.3 Å². The topological polar surface area (TPSA) is 211 Å². The lowest BCUT2D eigenvalue weighted by Gasteiger charge is -2.46. The summed E-state index contributed by atoms with van der Waals surface area (Å²) in [5.74, 6) is 2.64. The van der Waals surface area contributed by atoms with Gasteiger partial charge in [-0.15, -0.1) is 0 Å². The largest absolute Gasteiger partial charge is 0.491 e. The molecule has 17 heteroatoms. The highest BCUT2D eigenvalue weighted by Gasteiger charge is 2.76. The Balaban J connectivity index is 1.16. The van der Waals surface area contributed by atoms with Gasteiger partial charge in [-0.25, -0.2) is 14.7 Å². The van der Waals surface area contributed by atoms with E-state index in [2.05, 4.69) is 17.2 Å². The lowest BCUT2D eigenvalue weighted by molar-refractivity contribution is -0.384. The van der Waals surface area contributed by atoms with E-state index in [1.54, 1.807) is 42.5 Å². The molecule has 4 heterocycles. The highest BCUT2D eigenvalue weighted by Crippen LogP contribution is 2.66. The molecular weight excluding hydrogens is 987 g/mol. The van der Waals surface area contributed by atoms with Crippen LogP contribution in [0.2, 0.25) is 0 Å². The van der Waals surface area contributed by atoms with Crippen LogP contribution in [0, 0.1) is 27.9 Å². The first kappa shape index (κ1) is 49.9. The number of amides is 3. The number of nitrogens with one attached hydrogen (secondary N) is 1. The molecule has 1 spiro atoms. The lowest BCUT2D eigenvalue weighted by Crippen LogP contribution is -2.54. The molecule has 11 rings (SSSR count). The SMILES string of the molecule is O=C1O[C@H](c2ccccc2)[C@H](c2ccccc2)N2[C@H]1[C@@H](C(=O)Nc1nc3ccccc3s1)[C@]1(C(=O)N(C(=O)OCc3ccc([N+](=O)[O-])cc3)c3ccc(C#CC4(O)CCCCCC4)cc31)[C@H]2c1ccc(OCCO)cc1. The Bertz CT molecular complexity index is 3380. The number of ether oxygens (including phenoxy) is 3. The number of carbonyl (C=O) groups is 4. The Morgan fingerprint density at radius 1 is 0.829 bits per heavy atom. The van der Waals surface area contributed by atoms with Crippen molar-refractivity contribution in [3.63, 3.8) is 0 Å². The molecule has 384 valence electrons. The number of thiazole rings is 1. The predicted octanol–water partition coefficient (Wildman–Crippen LogP) is 9.65. The van der Waals surface area contributed by atoms with Crippen LogP contribution in [-0.4, -0.2) is 73.8 Å². The van der Waals surface area contributed by atoms with Gasteiger partial charge in [-0.3, -0.25) is 29.4 Å². The minimum Gasteiger partial charge on any atom is -0.491 e. The van der Waals surface area contributed by atoms with Crippen LogP contribution in [-0.2, 0) is 35.9 Å². The van der Waals surface area contributed by atoms with Crippen LogP contribution >= 0.6 is 11.3 Å². The molecular formula is C59H51N5O11S. The molecule has 3 N–H and O–H groups in total. The highest BCUT2D eigenvalue weighted by atomic mass is 32.1. The number of aromatic nitrogens is 1. The minimum atomic E-state index is -2.19. The fourth-order valence-electron chi connectivity index (χ4n) is 11.5. The fourth-order valence-corrected chi connectivity index (χ4v) is 12.4. The number of cyclic esters (lactones) is 1. The summed E-state index contributed by atoms with van der Waals surface area (Å²) >= 11 is 1.21.